The first-order valence-electron chi connectivity index (χ1n) is 6.16. The number of hydrogen-bond acceptors (Lipinski definition) is 3. The molecule has 0 aromatic rings. The molecule has 20 heavy (non-hydrogen) atoms. The number of aliphatic hydroxyl groups excluding tert-OH is 2. The van der Waals surface area contributed by atoms with E-state index in [1.54, 1.807) is 11.1 Å². The normalized spacial score (nSPS) is 13.6. The van der Waals surface area contributed by atoms with Crippen LogP contribution in [0.2, 0.25) is 0 Å². The zero-order valence-electron chi connectivity index (χ0n) is 12.1. The molecule has 0 aromatic carbocycles. The van der Waals surface area contributed by atoms with Gasteiger partial charge in [-0.25, -0.2) is 4.79 Å². The Morgan fingerprint density at radius 2 is 1.45 bits per heavy atom. The Hall–Kier alpha value is -1.91. The van der Waals surface area contributed by atoms with E-state index in [1.165, 1.54) is 6.42 Å². The van der Waals surface area contributed by atoms with Crippen LogP contribution in [-0.2, 0) is 4.79 Å². The second-order valence-electron chi connectivity index (χ2n) is 3.63. The molecule has 0 saturated heterocycles. The number of carboxylic acids is 1. The zero-order valence-corrected chi connectivity index (χ0v) is 12.1. The van der Waals surface area contributed by atoms with Gasteiger partial charge in [0.2, 0.25) is 0 Å². The number of aliphatic hydroxyl groups is 2. The maximum absolute atomic E-state index is 9.25. The van der Waals surface area contributed by atoms with Gasteiger partial charge in [-0.3, -0.25) is 0 Å². The Kier molecular flexibility index (Phi) is 15.5. The van der Waals surface area contributed by atoms with E-state index in [0.717, 1.165) is 33.1 Å². The van der Waals surface area contributed by atoms with Gasteiger partial charge in [0.15, 0.2) is 0 Å². The lowest BCUT2D eigenvalue weighted by Crippen LogP contribution is -1.82. The molecule has 0 fully saturated rings. The number of allylic oxidation sites excluding steroid dienone is 8. The average molecular weight is 280 g/mol. The lowest BCUT2D eigenvalue weighted by molar-refractivity contribution is -0.131. The Morgan fingerprint density at radius 1 is 1.10 bits per heavy atom. The van der Waals surface area contributed by atoms with E-state index in [0.29, 0.717) is 0 Å². The summed E-state index contributed by atoms with van der Waals surface area (Å²) in [6, 6.07) is 0. The van der Waals surface area contributed by atoms with Crippen molar-refractivity contribution in [2.75, 3.05) is 14.2 Å². The maximum atomic E-state index is 9.25. The number of rotatable bonds is 3. The first kappa shape index (κ1) is 20.4. The summed E-state index contributed by atoms with van der Waals surface area (Å²) in [6.45, 7) is 2.96. The van der Waals surface area contributed by atoms with Crippen LogP contribution in [0.25, 0.3) is 0 Å². The van der Waals surface area contributed by atoms with Gasteiger partial charge in [-0.15, -0.1) is 0 Å². The van der Waals surface area contributed by atoms with Crippen molar-refractivity contribution in [1.29, 1.82) is 0 Å². The number of carboxylic acid groups (broad SMARTS) is 1. The van der Waals surface area contributed by atoms with E-state index < -0.39 is 5.97 Å². The quantitative estimate of drug-likeness (QED) is 0.694. The molecule has 0 bridgehead atoms. The van der Waals surface area contributed by atoms with Gasteiger partial charge >= 0.3 is 5.97 Å². The van der Waals surface area contributed by atoms with E-state index in [2.05, 4.69) is 43.0 Å². The molecule has 0 atom stereocenters. The fourth-order valence-corrected chi connectivity index (χ4v) is 1.54. The minimum absolute atomic E-state index is 0.833. The molecule has 0 aromatic heterocycles. The monoisotopic (exact) mass is 280 g/mol. The topological polar surface area (TPSA) is 77.8 Å². The molecule has 0 amide bonds. The molecule has 0 radical (unpaired) electrons. The van der Waals surface area contributed by atoms with Crippen molar-refractivity contribution in [3.8, 4) is 0 Å². The van der Waals surface area contributed by atoms with Crippen LogP contribution < -0.4 is 0 Å². The summed E-state index contributed by atoms with van der Waals surface area (Å²) in [5.41, 5.74) is 3.11. The maximum Gasteiger partial charge on any atom is 0.327 e. The van der Waals surface area contributed by atoms with Crippen LogP contribution in [0.4, 0.5) is 0 Å². The molecule has 0 heterocycles. The highest BCUT2D eigenvalue weighted by molar-refractivity contribution is 5.78. The molecule has 2 aliphatic rings. The van der Waals surface area contributed by atoms with Gasteiger partial charge in [0, 0.05) is 20.3 Å². The average Bonchev–Trinajstić information content (AvgIpc) is 3.18. The minimum atomic E-state index is -0.981. The summed E-state index contributed by atoms with van der Waals surface area (Å²) in [5.74, 6) is -0.981. The van der Waals surface area contributed by atoms with Gasteiger partial charge < -0.3 is 15.3 Å². The molecule has 2 rings (SSSR count). The van der Waals surface area contributed by atoms with Gasteiger partial charge in [-0.2, -0.15) is 0 Å². The van der Waals surface area contributed by atoms with Crippen LogP contribution in [0.3, 0.4) is 0 Å². The highest BCUT2D eigenvalue weighted by atomic mass is 16.4. The van der Waals surface area contributed by atoms with Crippen LogP contribution >= 0.6 is 0 Å². The van der Waals surface area contributed by atoms with E-state index in [9.17, 15) is 4.79 Å². The first-order valence-corrected chi connectivity index (χ1v) is 6.16. The molecular formula is C16H24O4. The van der Waals surface area contributed by atoms with Gasteiger partial charge in [0.25, 0.3) is 0 Å². The second kappa shape index (κ2) is 15.1. The van der Waals surface area contributed by atoms with Crippen molar-refractivity contribution < 1.29 is 20.1 Å². The van der Waals surface area contributed by atoms with Crippen molar-refractivity contribution in [2.45, 2.75) is 19.3 Å². The summed E-state index contributed by atoms with van der Waals surface area (Å²) in [6.07, 6.45) is 17.6. The fourth-order valence-electron chi connectivity index (χ4n) is 1.54. The Bertz CT molecular complexity index is 359. The molecule has 2 aliphatic carbocycles. The largest absolute Gasteiger partial charge is 0.478 e. The van der Waals surface area contributed by atoms with Crippen molar-refractivity contribution in [3.63, 3.8) is 0 Å². The minimum Gasteiger partial charge on any atom is -0.478 e. The molecular weight excluding hydrogens is 256 g/mol. The fraction of sp³-hybridized carbons (Fsp3) is 0.312. The third kappa shape index (κ3) is 11.2. The van der Waals surface area contributed by atoms with Crippen molar-refractivity contribution >= 4 is 5.97 Å². The standard InChI is InChI=1S/C11H12.C3H4O2.2CH4O/c1-2-6-10(5-1)9-11-7-3-4-8-11;1-2-3(4)5;2*1-2/h1-5,7H,6,8-9H2;2H,1H2,(H,4,5);2*2H,1H3. The highest BCUT2D eigenvalue weighted by Crippen LogP contribution is 2.23. The first-order chi connectivity index (χ1) is 9.72. The van der Waals surface area contributed by atoms with Crippen LogP contribution in [0.1, 0.15) is 19.3 Å². The van der Waals surface area contributed by atoms with Crippen LogP contribution in [0.5, 0.6) is 0 Å². The highest BCUT2D eigenvalue weighted by Gasteiger charge is 2.04. The molecule has 112 valence electrons. The molecule has 4 heteroatoms. The van der Waals surface area contributed by atoms with Crippen LogP contribution in [-0.4, -0.2) is 35.5 Å². The molecule has 0 aliphatic heterocycles. The van der Waals surface area contributed by atoms with Gasteiger partial charge in [-0.1, -0.05) is 54.2 Å². The molecule has 0 spiro atoms. The number of carbonyl (C=O) groups is 1. The van der Waals surface area contributed by atoms with Gasteiger partial charge in [0.05, 0.1) is 0 Å². The second-order valence-corrected chi connectivity index (χ2v) is 3.63. The van der Waals surface area contributed by atoms with E-state index in [1.807, 2.05) is 0 Å². The van der Waals surface area contributed by atoms with Crippen molar-refractivity contribution in [2.24, 2.45) is 0 Å². The summed E-state index contributed by atoms with van der Waals surface area (Å²) >= 11 is 0. The van der Waals surface area contributed by atoms with Crippen LogP contribution in [0, 0.1) is 0 Å². The van der Waals surface area contributed by atoms with Gasteiger partial charge in [-0.05, 0) is 19.3 Å². The third-order valence-electron chi connectivity index (χ3n) is 2.32. The lowest BCUT2D eigenvalue weighted by Gasteiger charge is -2.01. The number of hydrogen-bond donors (Lipinski definition) is 3. The Balaban J connectivity index is 0. The summed E-state index contributed by atoms with van der Waals surface area (Å²) in [4.78, 5) is 9.25. The number of aliphatic carboxylic acids is 1. The SMILES string of the molecule is C1=CCC(CC2=CC=CC2)=C1.C=CC(=O)O.CO.CO. The van der Waals surface area contributed by atoms with Crippen LogP contribution in [0.15, 0.2) is 60.3 Å². The molecule has 0 unspecified atom stereocenters. The molecule has 3 N–H and O–H groups in total. The summed E-state index contributed by atoms with van der Waals surface area (Å²) in [5, 5.41) is 21.6. The van der Waals surface area contributed by atoms with Crippen molar-refractivity contribution in [1.82, 2.24) is 0 Å². The Morgan fingerprint density at radius 3 is 1.65 bits per heavy atom. The lowest BCUT2D eigenvalue weighted by atomic mass is 10.0. The van der Waals surface area contributed by atoms with E-state index >= 15 is 0 Å². The smallest absolute Gasteiger partial charge is 0.327 e. The van der Waals surface area contributed by atoms with Gasteiger partial charge in [0.1, 0.15) is 0 Å². The third-order valence-corrected chi connectivity index (χ3v) is 2.32. The predicted octanol–water partition coefficient (Wildman–Crippen LogP) is 2.62. The van der Waals surface area contributed by atoms with Crippen molar-refractivity contribution in [3.05, 3.63) is 60.3 Å². The zero-order chi connectivity index (χ0) is 15.8. The summed E-state index contributed by atoms with van der Waals surface area (Å²) in [7, 11) is 2.00. The molecule has 4 nitrogen and oxygen atoms in total. The molecule has 0 saturated carbocycles. The summed E-state index contributed by atoms with van der Waals surface area (Å²) < 4.78 is 0. The van der Waals surface area contributed by atoms with E-state index in [4.69, 9.17) is 15.3 Å². The Labute approximate surface area is 120 Å². The van der Waals surface area contributed by atoms with E-state index in [-0.39, 0.29) is 0 Å². The predicted molar refractivity (Wildman–Crippen MR) is 82.4 cm³/mol.